The lowest BCUT2D eigenvalue weighted by Gasteiger charge is -2.27. The van der Waals surface area contributed by atoms with Gasteiger partial charge in [-0.2, -0.15) is 4.67 Å². The summed E-state index contributed by atoms with van der Waals surface area (Å²) < 4.78 is 11.6. The Bertz CT molecular complexity index is 265. The van der Waals surface area contributed by atoms with Crippen LogP contribution in [0, 0.1) is 0 Å². The summed E-state index contributed by atoms with van der Waals surface area (Å²) >= 11 is 0. The summed E-state index contributed by atoms with van der Waals surface area (Å²) in [5.41, 5.74) is 0. The van der Waals surface area contributed by atoms with Gasteiger partial charge in [0.1, 0.15) is 6.04 Å². The number of carbonyl (C=O) groups is 1. The predicted octanol–water partition coefficient (Wildman–Crippen LogP) is 0.0168. The monoisotopic (exact) mass is 255 g/mol. The van der Waals surface area contributed by atoms with Crippen molar-refractivity contribution in [2.24, 2.45) is 0 Å². The minimum Gasteiger partial charge on any atom is -0.480 e. The van der Waals surface area contributed by atoms with E-state index in [9.17, 15) is 9.36 Å². The number of carboxylic acid groups (broad SMARTS) is 1. The van der Waals surface area contributed by atoms with Crippen LogP contribution in [0.3, 0.4) is 0 Å². The SMILES string of the molecule is CCCCCN([C@@H](CO)C(=O)O)P(=O)(O)O. The molecule has 0 saturated carbocycles. The van der Waals surface area contributed by atoms with Gasteiger partial charge in [0.15, 0.2) is 0 Å². The third-order valence-corrected chi connectivity index (χ3v) is 3.29. The van der Waals surface area contributed by atoms with Crippen molar-refractivity contribution in [2.45, 2.75) is 32.2 Å². The molecule has 16 heavy (non-hydrogen) atoms. The number of hydrogen-bond acceptors (Lipinski definition) is 3. The van der Waals surface area contributed by atoms with Gasteiger partial charge >= 0.3 is 13.7 Å². The van der Waals surface area contributed by atoms with Crippen molar-refractivity contribution < 1.29 is 29.4 Å². The first-order valence-electron chi connectivity index (χ1n) is 5.00. The van der Waals surface area contributed by atoms with E-state index in [1.807, 2.05) is 6.92 Å². The number of hydrogen-bond donors (Lipinski definition) is 4. The number of rotatable bonds is 8. The molecule has 0 rings (SSSR count). The van der Waals surface area contributed by atoms with Gasteiger partial charge in [-0.1, -0.05) is 19.8 Å². The van der Waals surface area contributed by atoms with Gasteiger partial charge in [-0.05, 0) is 6.42 Å². The first kappa shape index (κ1) is 15.5. The van der Waals surface area contributed by atoms with E-state index >= 15 is 0 Å². The van der Waals surface area contributed by atoms with Crippen LogP contribution in [0.15, 0.2) is 0 Å². The second-order valence-corrected chi connectivity index (χ2v) is 4.96. The van der Waals surface area contributed by atoms with Gasteiger partial charge in [-0.25, -0.2) is 4.57 Å². The topological polar surface area (TPSA) is 118 Å². The summed E-state index contributed by atoms with van der Waals surface area (Å²) in [6.07, 6.45) is 2.07. The van der Waals surface area contributed by atoms with E-state index in [1.54, 1.807) is 0 Å². The van der Waals surface area contributed by atoms with Crippen molar-refractivity contribution in [2.75, 3.05) is 13.2 Å². The molecule has 0 aliphatic rings. The highest BCUT2D eigenvalue weighted by Crippen LogP contribution is 2.41. The van der Waals surface area contributed by atoms with Crippen molar-refractivity contribution >= 4 is 13.7 Å². The Hall–Kier alpha value is -0.460. The third kappa shape index (κ3) is 5.05. The first-order chi connectivity index (χ1) is 7.34. The predicted molar refractivity (Wildman–Crippen MR) is 56.8 cm³/mol. The highest BCUT2D eigenvalue weighted by Gasteiger charge is 2.36. The maximum Gasteiger partial charge on any atom is 0.403 e. The van der Waals surface area contributed by atoms with Crippen molar-refractivity contribution in [1.29, 1.82) is 0 Å². The first-order valence-corrected chi connectivity index (χ1v) is 6.57. The molecule has 0 aliphatic carbocycles. The number of aliphatic hydroxyl groups excluding tert-OH is 1. The summed E-state index contributed by atoms with van der Waals surface area (Å²) in [5.74, 6) is -1.44. The largest absolute Gasteiger partial charge is 0.480 e. The Morgan fingerprint density at radius 1 is 1.38 bits per heavy atom. The van der Waals surface area contributed by atoms with Gasteiger partial charge in [0.2, 0.25) is 0 Å². The van der Waals surface area contributed by atoms with Crippen LogP contribution in [0.1, 0.15) is 26.2 Å². The Labute approximate surface area is 93.9 Å². The van der Waals surface area contributed by atoms with E-state index < -0.39 is 26.4 Å². The van der Waals surface area contributed by atoms with Crippen LogP contribution < -0.4 is 0 Å². The molecule has 0 heterocycles. The van der Waals surface area contributed by atoms with E-state index in [0.29, 0.717) is 11.1 Å². The second-order valence-electron chi connectivity index (χ2n) is 3.42. The van der Waals surface area contributed by atoms with E-state index in [-0.39, 0.29) is 6.54 Å². The third-order valence-electron chi connectivity index (χ3n) is 2.14. The molecule has 8 heteroatoms. The van der Waals surface area contributed by atoms with E-state index in [1.165, 1.54) is 0 Å². The average molecular weight is 255 g/mol. The smallest absolute Gasteiger partial charge is 0.403 e. The molecule has 0 saturated heterocycles. The molecule has 0 unspecified atom stereocenters. The van der Waals surface area contributed by atoms with Crippen molar-refractivity contribution in [3.05, 3.63) is 0 Å². The molecular weight excluding hydrogens is 237 g/mol. The number of carboxylic acids is 1. The van der Waals surface area contributed by atoms with Crippen LogP contribution in [0.25, 0.3) is 0 Å². The summed E-state index contributed by atoms with van der Waals surface area (Å²) in [6.45, 7) is 1.05. The lowest BCUT2D eigenvalue weighted by atomic mass is 10.2. The molecule has 0 aromatic carbocycles. The molecule has 0 bridgehead atoms. The molecule has 0 aromatic heterocycles. The minimum atomic E-state index is -4.65. The molecule has 96 valence electrons. The summed E-state index contributed by atoms with van der Waals surface area (Å²) in [4.78, 5) is 28.7. The zero-order valence-electron chi connectivity index (χ0n) is 9.11. The molecule has 4 N–H and O–H groups in total. The maximum atomic E-state index is 11.1. The average Bonchev–Trinajstić information content (AvgIpc) is 2.14. The molecule has 0 amide bonds. The summed E-state index contributed by atoms with van der Waals surface area (Å²) in [5, 5.41) is 17.5. The van der Waals surface area contributed by atoms with Gasteiger partial charge in [0, 0.05) is 6.54 Å². The highest BCUT2D eigenvalue weighted by atomic mass is 31.2. The molecule has 0 spiro atoms. The number of unbranched alkanes of at least 4 members (excludes halogenated alkanes) is 2. The molecular formula is C8H18NO6P. The van der Waals surface area contributed by atoms with E-state index in [4.69, 9.17) is 20.0 Å². The normalized spacial score (nSPS) is 14.1. The standard InChI is InChI=1S/C8H18NO6P/c1-2-3-4-5-9(16(13,14)15)7(6-10)8(11)12/h7,10H,2-6H2,1H3,(H,11,12)(H2,13,14,15)/t7-/m0/s1. The van der Waals surface area contributed by atoms with Crippen LogP contribution in [-0.2, 0) is 9.36 Å². The van der Waals surface area contributed by atoms with Crippen LogP contribution >= 0.6 is 7.75 Å². The maximum absolute atomic E-state index is 11.1. The van der Waals surface area contributed by atoms with Gasteiger partial charge in [0.05, 0.1) is 6.61 Å². The Morgan fingerprint density at radius 2 is 1.94 bits per heavy atom. The summed E-state index contributed by atoms with van der Waals surface area (Å²) in [7, 11) is -4.65. The Balaban J connectivity index is 4.65. The van der Waals surface area contributed by atoms with Crippen LogP contribution in [0.5, 0.6) is 0 Å². The molecule has 0 fully saturated rings. The lowest BCUT2D eigenvalue weighted by molar-refractivity contribution is -0.143. The number of aliphatic hydroxyl groups is 1. The van der Waals surface area contributed by atoms with Crippen LogP contribution in [0.2, 0.25) is 0 Å². The van der Waals surface area contributed by atoms with Crippen molar-refractivity contribution in [1.82, 2.24) is 4.67 Å². The molecule has 0 aromatic rings. The van der Waals surface area contributed by atoms with Crippen molar-refractivity contribution in [3.8, 4) is 0 Å². The minimum absolute atomic E-state index is 0.0460. The molecule has 0 radical (unpaired) electrons. The number of aliphatic carboxylic acids is 1. The molecule has 7 nitrogen and oxygen atoms in total. The van der Waals surface area contributed by atoms with Crippen LogP contribution in [-0.4, -0.2) is 49.8 Å². The summed E-state index contributed by atoms with van der Waals surface area (Å²) in [6, 6.07) is -1.56. The van der Waals surface area contributed by atoms with Gasteiger partial charge < -0.3 is 20.0 Å². The van der Waals surface area contributed by atoms with Crippen LogP contribution in [0.4, 0.5) is 0 Å². The molecule has 1 atom stereocenters. The van der Waals surface area contributed by atoms with Gasteiger partial charge in [-0.15, -0.1) is 0 Å². The van der Waals surface area contributed by atoms with Crippen molar-refractivity contribution in [3.63, 3.8) is 0 Å². The number of nitrogens with zero attached hydrogens (tertiary/aromatic N) is 1. The highest BCUT2D eigenvalue weighted by molar-refractivity contribution is 7.49. The fourth-order valence-electron chi connectivity index (χ4n) is 1.29. The second kappa shape index (κ2) is 6.98. The zero-order chi connectivity index (χ0) is 12.8. The molecule has 0 aliphatic heterocycles. The fourth-order valence-corrected chi connectivity index (χ4v) is 2.23. The zero-order valence-corrected chi connectivity index (χ0v) is 10.0. The lowest BCUT2D eigenvalue weighted by Crippen LogP contribution is -2.42. The van der Waals surface area contributed by atoms with Gasteiger partial charge in [-0.3, -0.25) is 4.79 Å². The Kier molecular flexibility index (Phi) is 6.78. The van der Waals surface area contributed by atoms with E-state index in [0.717, 1.165) is 12.8 Å². The fraction of sp³-hybridized carbons (Fsp3) is 0.875. The quantitative estimate of drug-likeness (QED) is 0.356. The van der Waals surface area contributed by atoms with E-state index in [2.05, 4.69) is 0 Å². The van der Waals surface area contributed by atoms with Gasteiger partial charge in [0.25, 0.3) is 0 Å². The Morgan fingerprint density at radius 3 is 2.25 bits per heavy atom.